The molecule has 1 heteroatoms. The molecule has 0 saturated heterocycles. The van der Waals surface area contributed by atoms with Gasteiger partial charge in [0.2, 0.25) is 0 Å². The van der Waals surface area contributed by atoms with Gasteiger partial charge in [-0.3, -0.25) is 0 Å². The molecule has 1 N–H and O–H groups in total. The molecule has 11 heavy (non-hydrogen) atoms. The minimum absolute atomic E-state index is 0.795. The van der Waals surface area contributed by atoms with Crippen molar-refractivity contribution >= 4 is 0 Å². The molecule has 0 radical (unpaired) electrons. The quantitative estimate of drug-likeness (QED) is 0.645. The topological polar surface area (TPSA) is 12.0 Å². The Bertz CT molecular complexity index is 109. The van der Waals surface area contributed by atoms with Crippen LogP contribution in [-0.4, -0.2) is 12.6 Å². The van der Waals surface area contributed by atoms with Crippen LogP contribution in [0.1, 0.15) is 40.0 Å². The van der Waals surface area contributed by atoms with Gasteiger partial charge in [-0.25, -0.2) is 0 Å². The molecule has 0 aliphatic heterocycles. The third-order valence-corrected chi connectivity index (χ3v) is 3.17. The Labute approximate surface area is 70.6 Å². The van der Waals surface area contributed by atoms with Crippen LogP contribution in [0.2, 0.25) is 0 Å². The van der Waals surface area contributed by atoms with E-state index in [0.29, 0.717) is 0 Å². The van der Waals surface area contributed by atoms with E-state index in [0.717, 1.165) is 24.4 Å². The highest BCUT2D eigenvalue weighted by atomic mass is 14.9. The van der Waals surface area contributed by atoms with E-state index < -0.39 is 0 Å². The van der Waals surface area contributed by atoms with E-state index in [1.54, 1.807) is 0 Å². The van der Waals surface area contributed by atoms with Crippen LogP contribution in [0, 0.1) is 11.8 Å². The Morgan fingerprint density at radius 1 is 1.27 bits per heavy atom. The molecule has 66 valence electrons. The zero-order valence-corrected chi connectivity index (χ0v) is 8.06. The van der Waals surface area contributed by atoms with Crippen LogP contribution < -0.4 is 5.32 Å². The summed E-state index contributed by atoms with van der Waals surface area (Å²) in [4.78, 5) is 0. The van der Waals surface area contributed by atoms with Crippen molar-refractivity contribution < 1.29 is 0 Å². The van der Waals surface area contributed by atoms with Crippen LogP contribution in [0.5, 0.6) is 0 Å². The highest BCUT2D eigenvalue weighted by molar-refractivity contribution is 4.81. The van der Waals surface area contributed by atoms with Crippen LogP contribution in [0.25, 0.3) is 0 Å². The Morgan fingerprint density at radius 3 is 2.64 bits per heavy atom. The third kappa shape index (κ3) is 2.19. The van der Waals surface area contributed by atoms with Crippen LogP contribution in [0.4, 0.5) is 0 Å². The number of rotatable bonds is 2. The molecule has 1 rings (SSSR count). The van der Waals surface area contributed by atoms with Gasteiger partial charge in [-0.15, -0.1) is 0 Å². The van der Waals surface area contributed by atoms with E-state index in [-0.39, 0.29) is 0 Å². The highest BCUT2D eigenvalue weighted by Gasteiger charge is 2.25. The number of nitrogens with one attached hydrogen (secondary N) is 1. The molecule has 0 aromatic heterocycles. The van der Waals surface area contributed by atoms with Crippen molar-refractivity contribution in [3.63, 3.8) is 0 Å². The summed E-state index contributed by atoms with van der Waals surface area (Å²) in [6.07, 6.45) is 4.24. The summed E-state index contributed by atoms with van der Waals surface area (Å²) in [5.74, 6) is 1.80. The Hall–Kier alpha value is -0.0400. The van der Waals surface area contributed by atoms with Gasteiger partial charge in [0.15, 0.2) is 0 Å². The molecular weight excluding hydrogens is 134 g/mol. The van der Waals surface area contributed by atoms with Crippen molar-refractivity contribution in [2.24, 2.45) is 11.8 Å². The molecule has 0 aromatic carbocycles. The van der Waals surface area contributed by atoms with Gasteiger partial charge in [0.25, 0.3) is 0 Å². The predicted octanol–water partition coefficient (Wildman–Crippen LogP) is 2.42. The summed E-state index contributed by atoms with van der Waals surface area (Å²) in [5, 5.41) is 3.56. The SMILES string of the molecule is CCN[C@@H]1CCC[C@H](C)[C@@H]1C. The van der Waals surface area contributed by atoms with Gasteiger partial charge in [0, 0.05) is 6.04 Å². The largest absolute Gasteiger partial charge is 0.314 e. The van der Waals surface area contributed by atoms with Gasteiger partial charge in [-0.2, -0.15) is 0 Å². The lowest BCUT2D eigenvalue weighted by molar-refractivity contribution is 0.209. The van der Waals surface area contributed by atoms with Gasteiger partial charge in [0.05, 0.1) is 0 Å². The molecule has 1 fully saturated rings. The predicted molar refractivity (Wildman–Crippen MR) is 49.6 cm³/mol. The maximum Gasteiger partial charge on any atom is 0.00951 e. The molecule has 1 saturated carbocycles. The van der Waals surface area contributed by atoms with Crippen molar-refractivity contribution in [3.8, 4) is 0 Å². The number of hydrogen-bond donors (Lipinski definition) is 1. The van der Waals surface area contributed by atoms with E-state index in [1.807, 2.05) is 0 Å². The van der Waals surface area contributed by atoms with Crippen molar-refractivity contribution in [2.45, 2.75) is 46.1 Å². The second-order valence-electron chi connectivity index (χ2n) is 3.93. The lowest BCUT2D eigenvalue weighted by atomic mass is 9.78. The first-order valence-electron chi connectivity index (χ1n) is 4.99. The molecular formula is C10H21N. The second-order valence-corrected chi connectivity index (χ2v) is 3.93. The van der Waals surface area contributed by atoms with E-state index >= 15 is 0 Å². The summed E-state index contributed by atoms with van der Waals surface area (Å²) in [6.45, 7) is 8.10. The lowest BCUT2D eigenvalue weighted by Crippen LogP contribution is -2.40. The molecule has 1 nitrogen and oxygen atoms in total. The zero-order valence-electron chi connectivity index (χ0n) is 8.06. The number of hydrogen-bond acceptors (Lipinski definition) is 1. The first kappa shape index (κ1) is 9.05. The summed E-state index contributed by atoms with van der Waals surface area (Å²) in [6, 6.07) is 0.795. The van der Waals surface area contributed by atoms with Crippen LogP contribution in [-0.2, 0) is 0 Å². The fourth-order valence-corrected chi connectivity index (χ4v) is 2.13. The molecule has 0 amide bonds. The molecule has 3 atom stereocenters. The summed E-state index contributed by atoms with van der Waals surface area (Å²) >= 11 is 0. The standard InChI is InChI=1S/C10H21N/c1-4-11-10-7-5-6-8(2)9(10)3/h8-11H,4-7H2,1-3H3/t8-,9-,10+/m0/s1. The summed E-state index contributed by atoms with van der Waals surface area (Å²) < 4.78 is 0. The van der Waals surface area contributed by atoms with E-state index in [4.69, 9.17) is 0 Å². The van der Waals surface area contributed by atoms with Crippen LogP contribution >= 0.6 is 0 Å². The molecule has 0 spiro atoms. The Balaban J connectivity index is 2.38. The van der Waals surface area contributed by atoms with E-state index in [9.17, 15) is 0 Å². The maximum absolute atomic E-state index is 3.56. The monoisotopic (exact) mass is 155 g/mol. The third-order valence-electron chi connectivity index (χ3n) is 3.17. The average Bonchev–Trinajstić information content (AvgIpc) is 1.99. The summed E-state index contributed by atoms with van der Waals surface area (Å²) in [7, 11) is 0. The fraction of sp³-hybridized carbons (Fsp3) is 1.00. The summed E-state index contributed by atoms with van der Waals surface area (Å²) in [5.41, 5.74) is 0. The fourth-order valence-electron chi connectivity index (χ4n) is 2.13. The first-order valence-corrected chi connectivity index (χ1v) is 4.99. The molecule has 1 aliphatic carbocycles. The average molecular weight is 155 g/mol. The van der Waals surface area contributed by atoms with Gasteiger partial charge < -0.3 is 5.32 Å². The maximum atomic E-state index is 3.56. The normalized spacial score (nSPS) is 39.0. The molecule has 0 aromatic rings. The minimum Gasteiger partial charge on any atom is -0.314 e. The molecule has 0 heterocycles. The van der Waals surface area contributed by atoms with Gasteiger partial charge >= 0.3 is 0 Å². The van der Waals surface area contributed by atoms with Crippen molar-refractivity contribution in [2.75, 3.05) is 6.54 Å². The van der Waals surface area contributed by atoms with E-state index in [2.05, 4.69) is 26.1 Å². The molecule has 0 unspecified atom stereocenters. The van der Waals surface area contributed by atoms with Crippen molar-refractivity contribution in [3.05, 3.63) is 0 Å². The Morgan fingerprint density at radius 2 is 2.00 bits per heavy atom. The lowest BCUT2D eigenvalue weighted by Gasteiger charge is -2.34. The Kier molecular flexibility index (Phi) is 3.38. The van der Waals surface area contributed by atoms with Gasteiger partial charge in [0.1, 0.15) is 0 Å². The van der Waals surface area contributed by atoms with Gasteiger partial charge in [-0.05, 0) is 24.8 Å². The van der Waals surface area contributed by atoms with Gasteiger partial charge in [-0.1, -0.05) is 33.6 Å². The molecule has 0 bridgehead atoms. The van der Waals surface area contributed by atoms with E-state index in [1.165, 1.54) is 19.3 Å². The second kappa shape index (κ2) is 4.10. The highest BCUT2D eigenvalue weighted by Crippen LogP contribution is 2.29. The van der Waals surface area contributed by atoms with Crippen molar-refractivity contribution in [1.29, 1.82) is 0 Å². The zero-order chi connectivity index (χ0) is 8.27. The molecule has 1 aliphatic rings. The smallest absolute Gasteiger partial charge is 0.00951 e. The van der Waals surface area contributed by atoms with Crippen molar-refractivity contribution in [1.82, 2.24) is 5.32 Å². The minimum atomic E-state index is 0.795. The van der Waals surface area contributed by atoms with Crippen LogP contribution in [0.15, 0.2) is 0 Å². The van der Waals surface area contributed by atoms with Crippen LogP contribution in [0.3, 0.4) is 0 Å². The first-order chi connectivity index (χ1) is 5.25.